The number of ether oxygens (including phenoxy) is 1. The van der Waals surface area contributed by atoms with Crippen LogP contribution < -0.4 is 11.1 Å². The van der Waals surface area contributed by atoms with Gasteiger partial charge in [-0.05, 0) is 39.9 Å². The summed E-state index contributed by atoms with van der Waals surface area (Å²) < 4.78 is 5.44. The van der Waals surface area contributed by atoms with Crippen LogP contribution in [0, 0.1) is 4.91 Å². The smallest absolute Gasteiger partial charge is 0.407 e. The number of carbonyl (C=O) groups is 2. The van der Waals surface area contributed by atoms with Gasteiger partial charge in [-0.1, -0.05) is 48.5 Å². The summed E-state index contributed by atoms with van der Waals surface area (Å²) in [5, 5.41) is 4.89. The van der Waals surface area contributed by atoms with E-state index in [0.717, 1.165) is 22.3 Å². The van der Waals surface area contributed by atoms with Crippen molar-refractivity contribution in [3.63, 3.8) is 0 Å². The first-order valence-corrected chi connectivity index (χ1v) is 9.76. The number of amides is 2. The Morgan fingerprint density at radius 2 is 1.71 bits per heavy atom. The van der Waals surface area contributed by atoms with Gasteiger partial charge < -0.3 is 15.8 Å². The predicted octanol–water partition coefficient (Wildman–Crippen LogP) is 3.41. The van der Waals surface area contributed by atoms with Crippen molar-refractivity contribution in [2.45, 2.75) is 18.4 Å². The van der Waals surface area contributed by atoms with E-state index in [1.165, 1.54) is 6.20 Å². The van der Waals surface area contributed by atoms with E-state index >= 15 is 0 Å². The number of nitrogen functional groups attached to an aromatic ring is 1. The molecule has 0 bridgehead atoms. The largest absolute Gasteiger partial charge is 0.449 e. The minimum atomic E-state index is -1.16. The van der Waals surface area contributed by atoms with Gasteiger partial charge in [-0.2, -0.15) is 0 Å². The molecule has 8 nitrogen and oxygen atoms in total. The van der Waals surface area contributed by atoms with Crippen molar-refractivity contribution in [1.29, 1.82) is 0 Å². The molecular formula is C23H20N4O4. The van der Waals surface area contributed by atoms with E-state index in [1.54, 1.807) is 12.1 Å². The molecular weight excluding hydrogens is 396 g/mol. The lowest BCUT2D eigenvalue weighted by molar-refractivity contribution is -0.119. The number of rotatable bonds is 6. The topological polar surface area (TPSA) is 124 Å². The maximum atomic E-state index is 12.4. The molecule has 2 amide bonds. The number of hydrogen-bond acceptors (Lipinski definition) is 6. The average molecular weight is 416 g/mol. The summed E-state index contributed by atoms with van der Waals surface area (Å²) in [7, 11) is 0. The summed E-state index contributed by atoms with van der Waals surface area (Å²) in [6.45, 7) is 0.0947. The van der Waals surface area contributed by atoms with E-state index in [2.05, 4.69) is 15.5 Å². The fourth-order valence-electron chi connectivity index (χ4n) is 3.90. The highest BCUT2D eigenvalue weighted by Gasteiger charge is 2.30. The molecule has 0 saturated carbocycles. The van der Waals surface area contributed by atoms with Gasteiger partial charge in [-0.15, -0.1) is 4.91 Å². The van der Waals surface area contributed by atoms with Gasteiger partial charge in [0.05, 0.1) is 0 Å². The number of hydrogen-bond donors (Lipinski definition) is 2. The Morgan fingerprint density at radius 1 is 1.06 bits per heavy atom. The normalized spacial score (nSPS) is 13.0. The summed E-state index contributed by atoms with van der Waals surface area (Å²) in [5.41, 5.74) is 10.7. The third-order valence-electron chi connectivity index (χ3n) is 5.31. The van der Waals surface area contributed by atoms with Gasteiger partial charge in [0, 0.05) is 23.7 Å². The lowest BCUT2D eigenvalue weighted by atomic mass is 9.98. The average Bonchev–Trinajstić information content (AvgIpc) is 3.10. The summed E-state index contributed by atoms with van der Waals surface area (Å²) >= 11 is 0. The van der Waals surface area contributed by atoms with Gasteiger partial charge in [0.25, 0.3) is 0 Å². The highest BCUT2D eigenvalue weighted by atomic mass is 16.5. The maximum Gasteiger partial charge on any atom is 0.407 e. The Balaban J connectivity index is 1.45. The summed E-state index contributed by atoms with van der Waals surface area (Å²) in [6, 6.07) is 18.0. The number of carbonyl (C=O) groups excluding carboxylic acids is 2. The molecule has 3 aromatic rings. The first-order chi connectivity index (χ1) is 15.1. The second-order valence-corrected chi connectivity index (χ2v) is 7.25. The van der Waals surface area contributed by atoms with Crippen LogP contribution in [0.3, 0.4) is 0 Å². The van der Waals surface area contributed by atoms with Gasteiger partial charge in [-0.3, -0.25) is 4.79 Å². The van der Waals surface area contributed by atoms with Crippen molar-refractivity contribution in [2.24, 2.45) is 5.18 Å². The minimum absolute atomic E-state index is 0.0431. The molecule has 0 fully saturated rings. The standard InChI is InChI=1S/C23H20N4O4/c24-21-12-14(9-10-25-21)11-20(22(28)27-30)26-23(29)31-13-19-17-7-3-1-5-15(17)16-6-2-4-8-18(16)19/h1-10,12,19-20H,11,13H2,(H2,24,25)(H,26,29). The van der Waals surface area contributed by atoms with Crippen LogP contribution >= 0.6 is 0 Å². The van der Waals surface area contributed by atoms with Crippen LogP contribution in [0.4, 0.5) is 10.6 Å². The lowest BCUT2D eigenvalue weighted by Gasteiger charge is -2.17. The molecule has 1 aromatic heterocycles. The van der Waals surface area contributed by atoms with Crippen molar-refractivity contribution in [1.82, 2.24) is 10.3 Å². The Hall–Kier alpha value is -4.07. The molecule has 8 heteroatoms. The van der Waals surface area contributed by atoms with Crippen molar-refractivity contribution in [3.05, 3.63) is 88.5 Å². The van der Waals surface area contributed by atoms with Gasteiger partial charge in [0.1, 0.15) is 18.5 Å². The molecule has 3 N–H and O–H groups in total. The molecule has 31 heavy (non-hydrogen) atoms. The first-order valence-electron chi connectivity index (χ1n) is 9.76. The van der Waals surface area contributed by atoms with Gasteiger partial charge >= 0.3 is 12.0 Å². The molecule has 1 heterocycles. The predicted molar refractivity (Wildman–Crippen MR) is 115 cm³/mol. The highest BCUT2D eigenvalue weighted by Crippen LogP contribution is 2.44. The molecule has 0 spiro atoms. The number of benzene rings is 2. The van der Waals surface area contributed by atoms with Crippen LogP contribution in [0.25, 0.3) is 11.1 Å². The maximum absolute atomic E-state index is 12.4. The van der Waals surface area contributed by atoms with E-state index in [4.69, 9.17) is 10.5 Å². The number of alkyl carbamates (subject to hydrolysis) is 1. The van der Waals surface area contributed by atoms with Gasteiger partial charge in [0.2, 0.25) is 0 Å². The van der Waals surface area contributed by atoms with E-state index in [1.807, 2.05) is 48.5 Å². The van der Waals surface area contributed by atoms with Crippen LogP contribution in [-0.4, -0.2) is 29.6 Å². The minimum Gasteiger partial charge on any atom is -0.449 e. The van der Waals surface area contributed by atoms with E-state index < -0.39 is 18.0 Å². The number of anilines is 1. The molecule has 0 saturated heterocycles. The third-order valence-corrected chi connectivity index (χ3v) is 5.31. The Morgan fingerprint density at radius 3 is 2.32 bits per heavy atom. The number of nitrogens with zero attached hydrogens (tertiary/aromatic N) is 2. The van der Waals surface area contributed by atoms with Crippen LogP contribution in [0.2, 0.25) is 0 Å². The zero-order chi connectivity index (χ0) is 21.8. The zero-order valence-corrected chi connectivity index (χ0v) is 16.5. The number of aromatic nitrogens is 1. The number of nitrogens with two attached hydrogens (primary N) is 1. The lowest BCUT2D eigenvalue weighted by Crippen LogP contribution is -2.42. The van der Waals surface area contributed by atoms with Crippen molar-refractivity contribution >= 4 is 17.8 Å². The molecule has 4 rings (SSSR count). The molecule has 2 aromatic carbocycles. The van der Waals surface area contributed by atoms with Crippen LogP contribution in [0.1, 0.15) is 22.6 Å². The molecule has 156 valence electrons. The van der Waals surface area contributed by atoms with Crippen molar-refractivity contribution in [3.8, 4) is 11.1 Å². The summed E-state index contributed by atoms with van der Waals surface area (Å²) in [6.07, 6.45) is 0.723. The zero-order valence-electron chi connectivity index (χ0n) is 16.5. The van der Waals surface area contributed by atoms with E-state index in [0.29, 0.717) is 5.56 Å². The number of nitroso groups, excluding NO2 is 1. The summed E-state index contributed by atoms with van der Waals surface area (Å²) in [5.74, 6) is -0.843. The van der Waals surface area contributed by atoms with Crippen molar-refractivity contribution in [2.75, 3.05) is 12.3 Å². The quantitative estimate of drug-likeness (QED) is 0.594. The SMILES string of the molecule is Nc1cc(CC(NC(=O)OCC2c3ccccc3-c3ccccc32)C(=O)N=O)ccn1. The van der Waals surface area contributed by atoms with E-state index in [-0.39, 0.29) is 24.8 Å². The molecule has 1 aliphatic carbocycles. The fourth-order valence-corrected chi connectivity index (χ4v) is 3.90. The Labute approximate surface area is 178 Å². The van der Waals surface area contributed by atoms with Crippen molar-refractivity contribution < 1.29 is 14.3 Å². The molecule has 1 unspecified atom stereocenters. The molecule has 1 aliphatic rings. The number of fused-ring (bicyclic) bond motifs is 3. The fraction of sp³-hybridized carbons (Fsp3) is 0.174. The molecule has 0 aliphatic heterocycles. The second kappa shape index (κ2) is 8.74. The van der Waals surface area contributed by atoms with Crippen LogP contribution in [0.5, 0.6) is 0 Å². The second-order valence-electron chi connectivity index (χ2n) is 7.25. The number of pyridine rings is 1. The highest BCUT2D eigenvalue weighted by molar-refractivity contribution is 5.86. The van der Waals surface area contributed by atoms with Crippen LogP contribution in [0.15, 0.2) is 72.0 Å². The number of nitrogens with one attached hydrogen (secondary N) is 1. The molecule has 1 atom stereocenters. The Kier molecular flexibility index (Phi) is 5.70. The third kappa shape index (κ3) is 4.28. The molecule has 0 radical (unpaired) electrons. The van der Waals surface area contributed by atoms with Crippen LogP contribution in [-0.2, 0) is 16.0 Å². The summed E-state index contributed by atoms with van der Waals surface area (Å²) in [4.78, 5) is 39.1. The van der Waals surface area contributed by atoms with Gasteiger partial charge in [0.15, 0.2) is 0 Å². The van der Waals surface area contributed by atoms with Gasteiger partial charge in [-0.25, -0.2) is 9.78 Å². The van der Waals surface area contributed by atoms with E-state index in [9.17, 15) is 14.5 Å². The monoisotopic (exact) mass is 416 g/mol. The first kappa shape index (κ1) is 20.2. The Bertz CT molecular complexity index is 1100.